The second kappa shape index (κ2) is 9.16. The van der Waals surface area contributed by atoms with Crippen molar-refractivity contribution in [1.29, 1.82) is 0 Å². The second-order valence-electron chi connectivity index (χ2n) is 6.51. The molecule has 27 heavy (non-hydrogen) atoms. The molecule has 1 amide bonds. The Morgan fingerprint density at radius 1 is 1.26 bits per heavy atom. The van der Waals surface area contributed by atoms with E-state index in [0.717, 1.165) is 24.0 Å². The summed E-state index contributed by atoms with van der Waals surface area (Å²) in [6.45, 7) is 6.13. The number of pyridine rings is 1. The average Bonchev–Trinajstić information content (AvgIpc) is 2.67. The first kappa shape index (κ1) is 20.4. The number of hydrogen-bond donors (Lipinski definition) is 1. The maximum atomic E-state index is 12.9. The largest absolute Gasteiger partial charge is 0.462 e. The molecule has 0 saturated carbocycles. The van der Waals surface area contributed by atoms with Gasteiger partial charge in [0.1, 0.15) is 5.56 Å². The van der Waals surface area contributed by atoms with Crippen molar-refractivity contribution in [2.45, 2.75) is 39.7 Å². The van der Waals surface area contributed by atoms with E-state index in [1.807, 2.05) is 45.0 Å². The monoisotopic (exact) mass is 370 g/mol. The van der Waals surface area contributed by atoms with E-state index < -0.39 is 17.4 Å². The fourth-order valence-corrected chi connectivity index (χ4v) is 2.78. The van der Waals surface area contributed by atoms with Crippen LogP contribution in [0.4, 0.5) is 0 Å². The molecule has 2 aromatic rings. The summed E-state index contributed by atoms with van der Waals surface area (Å²) in [5, 5.41) is 2.45. The van der Waals surface area contributed by atoms with Crippen molar-refractivity contribution in [1.82, 2.24) is 9.88 Å². The zero-order valence-electron chi connectivity index (χ0n) is 16.2. The van der Waals surface area contributed by atoms with E-state index in [1.54, 1.807) is 0 Å². The van der Waals surface area contributed by atoms with Crippen molar-refractivity contribution in [3.8, 4) is 0 Å². The smallest absolute Gasteiger partial charge is 0.339 e. The van der Waals surface area contributed by atoms with Crippen LogP contribution in [0.5, 0.6) is 0 Å². The first-order valence-electron chi connectivity index (χ1n) is 9.11. The van der Waals surface area contributed by atoms with Gasteiger partial charge in [-0.15, -0.1) is 0 Å². The van der Waals surface area contributed by atoms with Crippen LogP contribution in [-0.4, -0.2) is 30.1 Å². The molecule has 0 aliphatic heterocycles. The van der Waals surface area contributed by atoms with Crippen LogP contribution in [0.2, 0.25) is 0 Å². The van der Waals surface area contributed by atoms with Crippen molar-refractivity contribution >= 4 is 11.9 Å². The van der Waals surface area contributed by atoms with Gasteiger partial charge in [-0.3, -0.25) is 9.59 Å². The van der Waals surface area contributed by atoms with E-state index in [-0.39, 0.29) is 17.2 Å². The molecule has 0 fully saturated rings. The first-order chi connectivity index (χ1) is 12.9. The predicted octanol–water partition coefficient (Wildman–Crippen LogP) is 3.08. The van der Waals surface area contributed by atoms with Crippen LogP contribution >= 0.6 is 0 Å². The topological polar surface area (TPSA) is 77.4 Å². The molecule has 0 radical (unpaired) electrons. The fourth-order valence-electron chi connectivity index (χ4n) is 2.78. The summed E-state index contributed by atoms with van der Waals surface area (Å²) in [6, 6.07) is 8.73. The van der Waals surface area contributed by atoms with E-state index in [9.17, 15) is 14.4 Å². The lowest BCUT2D eigenvalue weighted by atomic mass is 10.0. The van der Waals surface area contributed by atoms with Gasteiger partial charge in [0.2, 0.25) is 0 Å². The van der Waals surface area contributed by atoms with Gasteiger partial charge in [0.25, 0.3) is 11.5 Å². The van der Waals surface area contributed by atoms with Crippen molar-refractivity contribution < 1.29 is 14.3 Å². The van der Waals surface area contributed by atoms with E-state index in [1.165, 1.54) is 23.9 Å². The van der Waals surface area contributed by atoms with Crippen LogP contribution in [0.1, 0.15) is 64.6 Å². The molecule has 144 valence electrons. The summed E-state index contributed by atoms with van der Waals surface area (Å²) in [7, 11) is 1.45. The second-order valence-corrected chi connectivity index (χ2v) is 6.51. The maximum Gasteiger partial charge on any atom is 0.339 e. The van der Waals surface area contributed by atoms with Gasteiger partial charge in [-0.2, -0.15) is 0 Å². The van der Waals surface area contributed by atoms with Crippen molar-refractivity contribution in [2.75, 3.05) is 13.7 Å². The van der Waals surface area contributed by atoms with Crippen LogP contribution < -0.4 is 10.9 Å². The summed E-state index contributed by atoms with van der Waals surface area (Å²) >= 11 is 0. The molecule has 1 heterocycles. The Bertz CT molecular complexity index is 886. The Hall–Kier alpha value is -2.89. The third-order valence-corrected chi connectivity index (χ3v) is 4.42. The minimum Gasteiger partial charge on any atom is -0.462 e. The molecule has 1 aromatic carbocycles. The molecule has 6 nitrogen and oxygen atoms in total. The third-order valence-electron chi connectivity index (χ3n) is 4.42. The highest BCUT2D eigenvalue weighted by molar-refractivity contribution is 5.97. The number of aryl methyl sites for hydroxylation is 1. The number of unbranched alkanes of at least 4 members (excludes halogenated alkanes) is 1. The lowest BCUT2D eigenvalue weighted by Crippen LogP contribution is -2.34. The predicted molar refractivity (Wildman–Crippen MR) is 104 cm³/mol. The van der Waals surface area contributed by atoms with Gasteiger partial charge in [-0.25, -0.2) is 4.79 Å². The normalized spacial score (nSPS) is 11.7. The molecule has 1 aromatic heterocycles. The number of hydrogen-bond acceptors (Lipinski definition) is 4. The summed E-state index contributed by atoms with van der Waals surface area (Å²) in [5.74, 6) is -1.08. The molecule has 1 atom stereocenters. The molecular formula is C21H26N2O4. The molecule has 0 bridgehead atoms. The lowest BCUT2D eigenvalue weighted by molar-refractivity contribution is 0.0498. The third kappa shape index (κ3) is 4.84. The van der Waals surface area contributed by atoms with E-state index in [2.05, 4.69) is 5.32 Å². The number of nitrogens with one attached hydrogen (secondary N) is 1. The Morgan fingerprint density at radius 3 is 2.63 bits per heavy atom. The van der Waals surface area contributed by atoms with Gasteiger partial charge < -0.3 is 14.6 Å². The van der Waals surface area contributed by atoms with E-state index in [4.69, 9.17) is 4.74 Å². The molecule has 0 saturated heterocycles. The number of benzene rings is 1. The highest BCUT2D eigenvalue weighted by atomic mass is 16.5. The highest BCUT2D eigenvalue weighted by Gasteiger charge is 2.20. The molecule has 0 aliphatic carbocycles. The van der Waals surface area contributed by atoms with Gasteiger partial charge in [0, 0.05) is 13.2 Å². The number of carbonyl (C=O) groups is 2. The maximum absolute atomic E-state index is 12.9. The molecule has 1 N–H and O–H groups in total. The first-order valence-corrected chi connectivity index (χ1v) is 9.11. The number of rotatable bonds is 7. The average molecular weight is 370 g/mol. The van der Waals surface area contributed by atoms with Gasteiger partial charge in [0.15, 0.2) is 0 Å². The number of ether oxygens (including phenoxy) is 1. The number of amides is 1. The number of carbonyl (C=O) groups excluding carboxylic acids is 2. The Balaban J connectivity index is 2.51. The van der Waals surface area contributed by atoms with Crippen LogP contribution in [0, 0.1) is 6.92 Å². The number of nitrogens with zero attached hydrogens (tertiary/aromatic N) is 1. The van der Waals surface area contributed by atoms with Crippen LogP contribution in [-0.2, 0) is 4.74 Å². The number of esters is 1. The molecule has 6 heteroatoms. The van der Waals surface area contributed by atoms with Gasteiger partial charge in [-0.1, -0.05) is 43.2 Å². The molecule has 1 unspecified atom stereocenters. The quantitative estimate of drug-likeness (QED) is 0.600. The van der Waals surface area contributed by atoms with Gasteiger partial charge in [0.05, 0.1) is 18.2 Å². The minimum absolute atomic E-state index is 0.0815. The number of aromatic nitrogens is 1. The molecule has 2 rings (SSSR count). The van der Waals surface area contributed by atoms with Crippen LogP contribution in [0.25, 0.3) is 0 Å². The zero-order chi connectivity index (χ0) is 20.0. The fraction of sp³-hybridized carbons (Fsp3) is 0.381. The molecule has 0 spiro atoms. The Labute approximate surface area is 159 Å². The Morgan fingerprint density at radius 2 is 2.00 bits per heavy atom. The highest BCUT2D eigenvalue weighted by Crippen LogP contribution is 2.18. The minimum atomic E-state index is -0.543. The summed E-state index contributed by atoms with van der Waals surface area (Å²) in [5.41, 5.74) is 1.63. The lowest BCUT2D eigenvalue weighted by Gasteiger charge is -2.18. The van der Waals surface area contributed by atoms with E-state index in [0.29, 0.717) is 6.61 Å². The molecular weight excluding hydrogens is 344 g/mol. The van der Waals surface area contributed by atoms with Crippen LogP contribution in [0.15, 0.2) is 41.3 Å². The summed E-state index contributed by atoms with van der Waals surface area (Å²) in [4.78, 5) is 37.4. The zero-order valence-corrected chi connectivity index (χ0v) is 16.2. The van der Waals surface area contributed by atoms with Crippen molar-refractivity contribution in [3.05, 3.63) is 69.1 Å². The van der Waals surface area contributed by atoms with E-state index >= 15 is 0 Å². The van der Waals surface area contributed by atoms with Gasteiger partial charge >= 0.3 is 5.97 Å². The van der Waals surface area contributed by atoms with Crippen molar-refractivity contribution in [3.63, 3.8) is 0 Å². The summed E-state index contributed by atoms with van der Waals surface area (Å²) in [6.07, 6.45) is 3.13. The van der Waals surface area contributed by atoms with Gasteiger partial charge in [-0.05, 0) is 31.9 Å². The Kier molecular flexibility index (Phi) is 6.93. The SMILES string of the molecule is CCCCOC(=O)c1cc(C(=O)NC)c(=O)n(C(C)c2cccc(C)c2)c1. The molecule has 0 aliphatic rings. The summed E-state index contributed by atoms with van der Waals surface area (Å²) < 4.78 is 6.66. The van der Waals surface area contributed by atoms with Crippen molar-refractivity contribution in [2.24, 2.45) is 0 Å². The standard InChI is InChI=1S/C21H26N2O4/c1-5-6-10-27-21(26)17-12-18(19(24)22-4)20(25)23(13-17)15(3)16-9-7-8-14(2)11-16/h7-9,11-13,15H,5-6,10H2,1-4H3,(H,22,24). The van der Waals surface area contributed by atoms with Crippen LogP contribution in [0.3, 0.4) is 0 Å².